The third-order valence-corrected chi connectivity index (χ3v) is 9.34. The molecular formula is C24H38N2O2. The van der Waals surface area contributed by atoms with Crippen molar-refractivity contribution >= 4 is 17.4 Å². The Morgan fingerprint density at radius 2 is 1.82 bits per heavy atom. The van der Waals surface area contributed by atoms with Crippen LogP contribution in [0, 0.1) is 34.5 Å². The number of nitrogens with zero attached hydrogens (tertiary/aromatic N) is 2. The van der Waals surface area contributed by atoms with E-state index in [4.69, 9.17) is 4.99 Å². The van der Waals surface area contributed by atoms with Crippen molar-refractivity contribution in [1.29, 1.82) is 0 Å². The number of carbonyl (C=O) groups is 2. The van der Waals surface area contributed by atoms with E-state index in [-0.39, 0.29) is 16.7 Å². The maximum atomic E-state index is 13.3. The summed E-state index contributed by atoms with van der Waals surface area (Å²) in [5.41, 5.74) is 1.46. The first-order valence-corrected chi connectivity index (χ1v) is 11.7. The summed E-state index contributed by atoms with van der Waals surface area (Å²) in [4.78, 5) is 32.4. The van der Waals surface area contributed by atoms with Crippen molar-refractivity contribution in [1.82, 2.24) is 4.90 Å². The molecule has 1 aliphatic heterocycles. The first kappa shape index (κ1) is 20.1. The van der Waals surface area contributed by atoms with Gasteiger partial charge in [-0.05, 0) is 75.5 Å². The van der Waals surface area contributed by atoms with Crippen molar-refractivity contribution in [3.63, 3.8) is 0 Å². The van der Waals surface area contributed by atoms with Gasteiger partial charge in [-0.3, -0.25) is 14.6 Å². The Kier molecular flexibility index (Phi) is 5.20. The van der Waals surface area contributed by atoms with Gasteiger partial charge in [0.1, 0.15) is 5.78 Å². The lowest BCUT2D eigenvalue weighted by Crippen LogP contribution is -2.51. The molecule has 0 aromatic carbocycles. The molecule has 0 aromatic rings. The molecule has 4 rings (SSSR count). The number of hydrogen-bond donors (Lipinski definition) is 0. The first-order valence-electron chi connectivity index (χ1n) is 11.7. The zero-order valence-corrected chi connectivity index (χ0v) is 18.3. The zero-order chi connectivity index (χ0) is 20.1. The highest BCUT2D eigenvalue weighted by Crippen LogP contribution is 2.64. The average molecular weight is 387 g/mol. The third-order valence-electron chi connectivity index (χ3n) is 9.34. The normalized spacial score (nSPS) is 42.7. The first-order chi connectivity index (χ1) is 13.3. The van der Waals surface area contributed by atoms with E-state index < -0.39 is 0 Å². The Labute approximate surface area is 170 Å². The Bertz CT molecular complexity index is 682. The summed E-state index contributed by atoms with van der Waals surface area (Å²) < 4.78 is 0. The van der Waals surface area contributed by atoms with Crippen LogP contribution in [0.3, 0.4) is 0 Å². The van der Waals surface area contributed by atoms with Crippen LogP contribution in [0.5, 0.6) is 0 Å². The molecule has 0 bridgehead atoms. The van der Waals surface area contributed by atoms with Crippen LogP contribution in [0.1, 0.15) is 79.1 Å². The second kappa shape index (κ2) is 7.25. The summed E-state index contributed by atoms with van der Waals surface area (Å²) in [6, 6.07) is 0. The van der Waals surface area contributed by atoms with Crippen molar-refractivity contribution in [2.45, 2.75) is 79.1 Å². The van der Waals surface area contributed by atoms with Crippen molar-refractivity contribution in [2.75, 3.05) is 19.6 Å². The average Bonchev–Trinajstić information content (AvgIpc) is 2.95. The van der Waals surface area contributed by atoms with E-state index in [2.05, 4.69) is 27.7 Å². The summed E-state index contributed by atoms with van der Waals surface area (Å²) >= 11 is 0. The van der Waals surface area contributed by atoms with Crippen LogP contribution in [0.25, 0.3) is 0 Å². The van der Waals surface area contributed by atoms with Gasteiger partial charge in [-0.1, -0.05) is 13.8 Å². The lowest BCUT2D eigenvalue weighted by molar-refractivity contribution is -0.141. The van der Waals surface area contributed by atoms with E-state index in [1.165, 1.54) is 18.6 Å². The van der Waals surface area contributed by atoms with Gasteiger partial charge in [0.25, 0.3) is 0 Å². The second-order valence-corrected chi connectivity index (χ2v) is 10.3. The molecule has 4 nitrogen and oxygen atoms in total. The summed E-state index contributed by atoms with van der Waals surface area (Å²) in [5, 5.41) is 0. The molecule has 28 heavy (non-hydrogen) atoms. The molecule has 3 saturated carbocycles. The second-order valence-electron chi connectivity index (χ2n) is 10.3. The van der Waals surface area contributed by atoms with Gasteiger partial charge in [0.15, 0.2) is 0 Å². The van der Waals surface area contributed by atoms with Gasteiger partial charge in [0, 0.05) is 49.5 Å². The highest BCUT2D eigenvalue weighted by Gasteiger charge is 2.60. The molecule has 3 fully saturated rings. The SMILES string of the molecule is CCN(CC)C(=O)[C@H]1CCC2C3CCN=C4CC(=O)CC[C@]4(C)C3CC[C@@]21C. The molecule has 0 radical (unpaired) electrons. The van der Waals surface area contributed by atoms with E-state index in [9.17, 15) is 9.59 Å². The molecule has 156 valence electrons. The van der Waals surface area contributed by atoms with E-state index in [1.54, 1.807) is 0 Å². The van der Waals surface area contributed by atoms with Crippen molar-refractivity contribution in [3.05, 3.63) is 0 Å². The van der Waals surface area contributed by atoms with Crippen LogP contribution in [0.4, 0.5) is 0 Å². The largest absolute Gasteiger partial charge is 0.343 e. The predicted octanol–water partition coefficient (Wildman–Crippen LogP) is 4.52. The molecule has 1 amide bonds. The predicted molar refractivity (Wildman–Crippen MR) is 112 cm³/mol. The number of carbonyl (C=O) groups excluding carboxylic acids is 2. The number of amides is 1. The van der Waals surface area contributed by atoms with E-state index in [0.717, 1.165) is 51.7 Å². The molecular weight excluding hydrogens is 348 g/mol. The molecule has 1 heterocycles. The van der Waals surface area contributed by atoms with Gasteiger partial charge < -0.3 is 4.90 Å². The third kappa shape index (κ3) is 2.89. The van der Waals surface area contributed by atoms with Gasteiger partial charge in [0.2, 0.25) is 5.91 Å². The smallest absolute Gasteiger partial charge is 0.226 e. The minimum atomic E-state index is 0.109. The van der Waals surface area contributed by atoms with Gasteiger partial charge in [-0.2, -0.15) is 0 Å². The van der Waals surface area contributed by atoms with Crippen LogP contribution in [0.15, 0.2) is 4.99 Å². The molecule has 0 aromatic heterocycles. The lowest BCUT2D eigenvalue weighted by Gasteiger charge is -2.54. The van der Waals surface area contributed by atoms with Crippen LogP contribution >= 0.6 is 0 Å². The van der Waals surface area contributed by atoms with Crippen molar-refractivity contribution < 1.29 is 9.59 Å². The minimum absolute atomic E-state index is 0.109. The number of Topliss-reactive ketones (excluding diaryl/α,β-unsaturated/α-hetero) is 1. The van der Waals surface area contributed by atoms with Crippen molar-refractivity contribution in [2.24, 2.45) is 39.5 Å². The molecule has 3 unspecified atom stereocenters. The van der Waals surface area contributed by atoms with Crippen LogP contribution in [-0.4, -0.2) is 41.9 Å². The number of hydrogen-bond acceptors (Lipinski definition) is 3. The summed E-state index contributed by atoms with van der Waals surface area (Å²) in [6.07, 6.45) is 8.05. The fourth-order valence-corrected chi connectivity index (χ4v) is 7.65. The standard InChI is InChI=1S/C24H38N2O2/c1-5-26(6-2)22(28)20-8-7-18-17-11-14-25-21-15-16(27)9-12-24(21,4)19(17)10-13-23(18,20)3/h17-20H,5-15H2,1-4H3/t17?,18?,19?,20-,23+,24-/m1/s1. The monoisotopic (exact) mass is 386 g/mol. The highest BCUT2D eigenvalue weighted by molar-refractivity contribution is 6.07. The summed E-state index contributed by atoms with van der Waals surface area (Å²) in [7, 11) is 0. The number of ketones is 1. The number of rotatable bonds is 3. The molecule has 0 saturated heterocycles. The Morgan fingerprint density at radius 3 is 2.54 bits per heavy atom. The van der Waals surface area contributed by atoms with E-state index in [1.807, 2.05) is 4.90 Å². The molecule has 3 aliphatic carbocycles. The summed E-state index contributed by atoms with van der Waals surface area (Å²) in [5.74, 6) is 2.91. The Hall–Kier alpha value is -1.19. The topological polar surface area (TPSA) is 49.7 Å². The van der Waals surface area contributed by atoms with Crippen LogP contribution in [-0.2, 0) is 9.59 Å². The molecule has 6 atom stereocenters. The van der Waals surface area contributed by atoms with E-state index in [0.29, 0.717) is 35.9 Å². The summed E-state index contributed by atoms with van der Waals surface area (Å²) in [6.45, 7) is 11.5. The van der Waals surface area contributed by atoms with Gasteiger partial charge >= 0.3 is 0 Å². The maximum absolute atomic E-state index is 13.3. The zero-order valence-electron chi connectivity index (χ0n) is 18.3. The van der Waals surface area contributed by atoms with Gasteiger partial charge in [-0.15, -0.1) is 0 Å². The number of aliphatic imine (C=N–C) groups is 1. The fraction of sp³-hybridized carbons (Fsp3) is 0.875. The molecule has 0 spiro atoms. The maximum Gasteiger partial charge on any atom is 0.226 e. The quantitative estimate of drug-likeness (QED) is 0.716. The minimum Gasteiger partial charge on any atom is -0.343 e. The van der Waals surface area contributed by atoms with Crippen molar-refractivity contribution in [3.8, 4) is 0 Å². The van der Waals surface area contributed by atoms with Crippen LogP contribution < -0.4 is 0 Å². The molecule has 0 N–H and O–H groups in total. The Morgan fingerprint density at radius 1 is 1.07 bits per heavy atom. The lowest BCUT2D eigenvalue weighted by atomic mass is 9.50. The Balaban J connectivity index is 1.61. The number of fused-ring (bicyclic) bond motifs is 5. The van der Waals surface area contributed by atoms with E-state index >= 15 is 0 Å². The molecule has 4 aliphatic rings. The molecule has 4 heteroatoms. The highest BCUT2D eigenvalue weighted by atomic mass is 16.2. The van der Waals surface area contributed by atoms with Gasteiger partial charge in [-0.25, -0.2) is 0 Å². The van der Waals surface area contributed by atoms with Gasteiger partial charge in [0.05, 0.1) is 0 Å². The fourth-order valence-electron chi connectivity index (χ4n) is 7.65. The van der Waals surface area contributed by atoms with Crippen LogP contribution in [0.2, 0.25) is 0 Å².